The molecular weight excluding hydrogens is 327 g/mol. The molecule has 2 amide bonds. The predicted molar refractivity (Wildman–Crippen MR) is 87.9 cm³/mol. The molecular formula is C16H15FN6O2. The Balaban J connectivity index is 1.98. The maximum absolute atomic E-state index is 13.9. The number of primary amides is 1. The molecule has 0 saturated carbocycles. The van der Waals surface area contributed by atoms with E-state index in [0.29, 0.717) is 0 Å². The average Bonchev–Trinajstić information content (AvgIpc) is 2.95. The van der Waals surface area contributed by atoms with Crippen LogP contribution >= 0.6 is 0 Å². The fraction of sp³-hybridized carbons (Fsp3) is 0.188. The van der Waals surface area contributed by atoms with Gasteiger partial charge in [0.15, 0.2) is 0 Å². The Bertz CT molecular complexity index is 1030. The third kappa shape index (κ3) is 3.03. The Morgan fingerprint density at radius 2 is 1.88 bits per heavy atom. The van der Waals surface area contributed by atoms with Gasteiger partial charge in [0.2, 0.25) is 11.7 Å². The van der Waals surface area contributed by atoms with Crippen molar-refractivity contribution in [1.82, 2.24) is 19.6 Å². The molecule has 25 heavy (non-hydrogen) atoms. The molecule has 2 heterocycles. The van der Waals surface area contributed by atoms with E-state index in [4.69, 9.17) is 5.73 Å². The van der Waals surface area contributed by atoms with Gasteiger partial charge in [-0.3, -0.25) is 9.59 Å². The van der Waals surface area contributed by atoms with Gasteiger partial charge in [-0.1, -0.05) is 0 Å². The SMILES string of the molecule is Cc1cc(C)n2nc(C(=O)Nc3cc(C(N)=O)cc(F)c3C)nc2n1. The molecule has 0 aliphatic carbocycles. The van der Waals surface area contributed by atoms with Crippen molar-refractivity contribution in [2.24, 2.45) is 5.73 Å². The molecule has 0 unspecified atom stereocenters. The summed E-state index contributed by atoms with van der Waals surface area (Å²) in [5.41, 5.74) is 6.94. The van der Waals surface area contributed by atoms with Gasteiger partial charge < -0.3 is 11.1 Å². The Labute approximate surface area is 141 Å². The zero-order valence-electron chi connectivity index (χ0n) is 13.8. The maximum atomic E-state index is 13.9. The maximum Gasteiger partial charge on any atom is 0.295 e. The summed E-state index contributed by atoms with van der Waals surface area (Å²) in [5.74, 6) is -1.92. The summed E-state index contributed by atoms with van der Waals surface area (Å²) in [4.78, 5) is 32.0. The molecule has 9 heteroatoms. The minimum Gasteiger partial charge on any atom is -0.366 e. The van der Waals surface area contributed by atoms with Crippen molar-refractivity contribution >= 4 is 23.3 Å². The van der Waals surface area contributed by atoms with Crippen LogP contribution in [0.5, 0.6) is 0 Å². The summed E-state index contributed by atoms with van der Waals surface area (Å²) in [6, 6.07) is 4.13. The highest BCUT2D eigenvalue weighted by Gasteiger charge is 2.18. The van der Waals surface area contributed by atoms with E-state index in [2.05, 4.69) is 20.4 Å². The van der Waals surface area contributed by atoms with Gasteiger partial charge in [0.25, 0.3) is 11.7 Å². The number of anilines is 1. The van der Waals surface area contributed by atoms with Crippen molar-refractivity contribution in [1.29, 1.82) is 0 Å². The van der Waals surface area contributed by atoms with Crippen molar-refractivity contribution in [2.75, 3.05) is 5.32 Å². The van der Waals surface area contributed by atoms with Gasteiger partial charge in [0.05, 0.1) is 0 Å². The molecule has 8 nitrogen and oxygen atoms in total. The van der Waals surface area contributed by atoms with Crippen LogP contribution in [0.15, 0.2) is 18.2 Å². The van der Waals surface area contributed by atoms with E-state index in [9.17, 15) is 14.0 Å². The van der Waals surface area contributed by atoms with Crippen LogP contribution in [0.2, 0.25) is 0 Å². The van der Waals surface area contributed by atoms with E-state index < -0.39 is 17.6 Å². The first-order valence-electron chi connectivity index (χ1n) is 7.38. The van der Waals surface area contributed by atoms with Gasteiger partial charge in [-0.15, -0.1) is 5.10 Å². The third-order valence-electron chi connectivity index (χ3n) is 3.70. The Kier molecular flexibility index (Phi) is 3.91. The summed E-state index contributed by atoms with van der Waals surface area (Å²) >= 11 is 0. The van der Waals surface area contributed by atoms with Crippen LogP contribution in [0.4, 0.5) is 10.1 Å². The van der Waals surface area contributed by atoms with Crippen molar-refractivity contribution in [2.45, 2.75) is 20.8 Å². The van der Waals surface area contributed by atoms with Gasteiger partial charge in [0, 0.05) is 28.2 Å². The molecule has 128 valence electrons. The van der Waals surface area contributed by atoms with E-state index in [0.717, 1.165) is 17.5 Å². The fourth-order valence-electron chi connectivity index (χ4n) is 2.39. The van der Waals surface area contributed by atoms with Crippen LogP contribution in [0.1, 0.15) is 37.9 Å². The highest BCUT2D eigenvalue weighted by atomic mass is 19.1. The summed E-state index contributed by atoms with van der Waals surface area (Å²) in [6.45, 7) is 5.10. The van der Waals surface area contributed by atoms with E-state index >= 15 is 0 Å². The second kappa shape index (κ2) is 5.93. The first kappa shape index (κ1) is 16.5. The second-order valence-corrected chi connectivity index (χ2v) is 5.64. The lowest BCUT2D eigenvalue weighted by atomic mass is 10.1. The lowest BCUT2D eigenvalue weighted by Crippen LogP contribution is -2.17. The van der Waals surface area contributed by atoms with E-state index in [-0.39, 0.29) is 28.4 Å². The van der Waals surface area contributed by atoms with E-state index in [1.165, 1.54) is 17.5 Å². The number of halogens is 1. The van der Waals surface area contributed by atoms with Crippen LogP contribution in [0.3, 0.4) is 0 Å². The van der Waals surface area contributed by atoms with Crippen LogP contribution in [-0.2, 0) is 0 Å². The largest absolute Gasteiger partial charge is 0.366 e. The van der Waals surface area contributed by atoms with Crippen molar-refractivity contribution in [3.8, 4) is 0 Å². The minimum absolute atomic E-state index is 0.0468. The lowest BCUT2D eigenvalue weighted by molar-refractivity contribution is 0.0994. The summed E-state index contributed by atoms with van der Waals surface area (Å²) in [5, 5.41) is 6.61. The number of fused-ring (bicyclic) bond motifs is 1. The first-order valence-corrected chi connectivity index (χ1v) is 7.38. The molecule has 2 aromatic heterocycles. The zero-order valence-corrected chi connectivity index (χ0v) is 13.8. The summed E-state index contributed by atoms with van der Waals surface area (Å²) in [6.07, 6.45) is 0. The van der Waals surface area contributed by atoms with Gasteiger partial charge >= 0.3 is 0 Å². The quantitative estimate of drug-likeness (QED) is 0.749. The number of nitrogens with one attached hydrogen (secondary N) is 1. The summed E-state index contributed by atoms with van der Waals surface area (Å²) < 4.78 is 15.4. The number of aryl methyl sites for hydroxylation is 2. The van der Waals surface area contributed by atoms with Crippen LogP contribution in [-0.4, -0.2) is 31.4 Å². The highest BCUT2D eigenvalue weighted by molar-refractivity contribution is 6.03. The molecule has 0 bridgehead atoms. The molecule has 0 aliphatic rings. The molecule has 0 fully saturated rings. The smallest absolute Gasteiger partial charge is 0.295 e. The molecule has 3 aromatic rings. The lowest BCUT2D eigenvalue weighted by Gasteiger charge is -2.09. The van der Waals surface area contributed by atoms with E-state index in [1.807, 2.05) is 13.8 Å². The van der Waals surface area contributed by atoms with Gasteiger partial charge in [-0.2, -0.15) is 4.98 Å². The normalized spacial score (nSPS) is 10.9. The monoisotopic (exact) mass is 342 g/mol. The van der Waals surface area contributed by atoms with E-state index in [1.54, 1.807) is 6.07 Å². The zero-order chi connectivity index (χ0) is 18.3. The molecule has 0 spiro atoms. The third-order valence-corrected chi connectivity index (χ3v) is 3.70. The van der Waals surface area contributed by atoms with Crippen molar-refractivity contribution in [3.05, 3.63) is 52.4 Å². The second-order valence-electron chi connectivity index (χ2n) is 5.64. The standard InChI is InChI=1S/C16H15FN6O2/c1-7-4-8(2)23-16(19-7)21-14(22-23)15(25)20-12-6-10(13(18)24)5-11(17)9(12)3/h4-6H,1-3H3,(H2,18,24)(H,20,25). The number of carbonyl (C=O) groups is 2. The number of benzene rings is 1. The molecule has 3 rings (SSSR count). The number of nitrogens with two attached hydrogens (primary N) is 1. The molecule has 3 N–H and O–H groups in total. The predicted octanol–water partition coefficient (Wildman–Crippen LogP) is 1.54. The topological polar surface area (TPSA) is 115 Å². The van der Waals surface area contributed by atoms with Crippen LogP contribution in [0, 0.1) is 26.6 Å². The molecule has 0 saturated heterocycles. The number of rotatable bonds is 3. The average molecular weight is 342 g/mol. The minimum atomic E-state index is -0.796. The van der Waals surface area contributed by atoms with Crippen LogP contribution in [0.25, 0.3) is 5.78 Å². The van der Waals surface area contributed by atoms with Crippen molar-refractivity contribution in [3.63, 3.8) is 0 Å². The van der Waals surface area contributed by atoms with Gasteiger partial charge in [0.1, 0.15) is 5.82 Å². The molecule has 0 radical (unpaired) electrons. The highest BCUT2D eigenvalue weighted by Crippen LogP contribution is 2.21. The van der Waals surface area contributed by atoms with Crippen molar-refractivity contribution < 1.29 is 14.0 Å². The number of amides is 2. The first-order chi connectivity index (χ1) is 11.8. The molecule has 0 atom stereocenters. The Morgan fingerprint density at radius 3 is 2.56 bits per heavy atom. The Morgan fingerprint density at radius 1 is 1.16 bits per heavy atom. The molecule has 1 aromatic carbocycles. The number of hydrogen-bond acceptors (Lipinski definition) is 5. The number of nitrogens with zero attached hydrogens (tertiary/aromatic N) is 4. The Hall–Kier alpha value is -3.36. The van der Waals surface area contributed by atoms with Gasteiger partial charge in [-0.05, 0) is 39.0 Å². The van der Waals surface area contributed by atoms with Gasteiger partial charge in [-0.25, -0.2) is 13.9 Å². The summed E-state index contributed by atoms with van der Waals surface area (Å²) in [7, 11) is 0. The van der Waals surface area contributed by atoms with Crippen LogP contribution < -0.4 is 11.1 Å². The number of hydrogen-bond donors (Lipinski definition) is 2. The number of carbonyl (C=O) groups excluding carboxylic acids is 2. The fourth-order valence-corrected chi connectivity index (χ4v) is 2.39. The number of aromatic nitrogens is 4. The molecule has 0 aliphatic heterocycles.